The number of amides is 1. The molecule has 1 amide bonds. The molecule has 6 nitrogen and oxygen atoms in total. The number of carbonyl (C=O) groups is 2. The number of carboxylic acids is 1. The molecule has 82 valence electrons. The highest BCUT2D eigenvalue weighted by molar-refractivity contribution is 5.74. The van der Waals surface area contributed by atoms with Gasteiger partial charge in [0.25, 0.3) is 0 Å². The molecule has 3 N–H and O–H groups in total. The number of hydrogen-bond acceptors (Lipinski definition) is 4. The number of carboxylic acid groups (broad SMARTS) is 1. The van der Waals surface area contributed by atoms with Crippen LogP contribution < -0.4 is 5.32 Å². The van der Waals surface area contributed by atoms with Crippen molar-refractivity contribution in [1.82, 2.24) is 5.32 Å². The number of aliphatic hydroxyl groups is 1. The number of hydrogen-bond donors (Lipinski definition) is 3. The van der Waals surface area contributed by atoms with Gasteiger partial charge in [-0.15, -0.1) is 0 Å². The van der Waals surface area contributed by atoms with Crippen LogP contribution in [0, 0.1) is 5.92 Å². The lowest BCUT2D eigenvalue weighted by Gasteiger charge is -2.09. The molecule has 1 atom stereocenters. The monoisotopic (exact) mass is 205 g/mol. The molecule has 0 heterocycles. The highest BCUT2D eigenvalue weighted by atomic mass is 16.5. The summed E-state index contributed by atoms with van der Waals surface area (Å²) in [5.74, 6) is -1.17. The maximum Gasteiger partial charge on any atom is 0.407 e. The summed E-state index contributed by atoms with van der Waals surface area (Å²) in [6.45, 7) is 3.65. The van der Waals surface area contributed by atoms with Crippen LogP contribution in [0.4, 0.5) is 4.79 Å². The highest BCUT2D eigenvalue weighted by Crippen LogP contribution is 1.92. The molecule has 6 heteroatoms. The summed E-state index contributed by atoms with van der Waals surface area (Å²) in [7, 11) is 0. The third-order valence-corrected chi connectivity index (χ3v) is 1.27. The Labute approximate surface area is 81.9 Å². The first-order valence-electron chi connectivity index (χ1n) is 4.25. The van der Waals surface area contributed by atoms with E-state index in [1.807, 2.05) is 13.8 Å². The number of aliphatic hydroxyl groups excluding tert-OH is 1. The molecule has 0 aromatic carbocycles. The molecular weight excluding hydrogens is 190 g/mol. The summed E-state index contributed by atoms with van der Waals surface area (Å²) >= 11 is 0. The maximum atomic E-state index is 10.8. The van der Waals surface area contributed by atoms with Crippen LogP contribution in [0.1, 0.15) is 13.8 Å². The molecule has 0 bridgehead atoms. The zero-order chi connectivity index (χ0) is 11.1. The molecule has 14 heavy (non-hydrogen) atoms. The molecule has 0 aromatic heterocycles. The van der Waals surface area contributed by atoms with E-state index in [0.717, 1.165) is 0 Å². The van der Waals surface area contributed by atoms with Crippen molar-refractivity contribution >= 4 is 12.1 Å². The Morgan fingerprint density at radius 2 is 2.00 bits per heavy atom. The highest BCUT2D eigenvalue weighted by Gasteiger charge is 2.14. The molecule has 0 aliphatic carbocycles. The molecule has 0 fully saturated rings. The van der Waals surface area contributed by atoms with E-state index >= 15 is 0 Å². The van der Waals surface area contributed by atoms with Crippen LogP contribution >= 0.6 is 0 Å². The van der Waals surface area contributed by atoms with Crippen molar-refractivity contribution in [3.8, 4) is 0 Å². The van der Waals surface area contributed by atoms with Crippen molar-refractivity contribution in [2.24, 2.45) is 5.92 Å². The van der Waals surface area contributed by atoms with Crippen molar-refractivity contribution in [2.75, 3.05) is 13.2 Å². The van der Waals surface area contributed by atoms with E-state index in [1.54, 1.807) is 0 Å². The molecule has 0 rings (SSSR count). The van der Waals surface area contributed by atoms with E-state index in [4.69, 9.17) is 10.2 Å². The molecule has 0 aromatic rings. The van der Waals surface area contributed by atoms with E-state index in [0.29, 0.717) is 0 Å². The molecule has 0 radical (unpaired) electrons. The van der Waals surface area contributed by atoms with E-state index in [9.17, 15) is 9.59 Å². The summed E-state index contributed by atoms with van der Waals surface area (Å²) in [5, 5.41) is 19.2. The third kappa shape index (κ3) is 6.24. The fourth-order valence-electron chi connectivity index (χ4n) is 0.561. The summed E-state index contributed by atoms with van der Waals surface area (Å²) in [5.41, 5.74) is 0. The molecule has 1 unspecified atom stereocenters. The molecule has 0 aliphatic rings. The maximum absolute atomic E-state index is 10.8. The second-order valence-electron chi connectivity index (χ2n) is 3.23. The van der Waals surface area contributed by atoms with Gasteiger partial charge >= 0.3 is 12.1 Å². The SMILES string of the molecule is CC(C)COC(=O)NCC(O)C(=O)O. The van der Waals surface area contributed by atoms with E-state index in [2.05, 4.69) is 10.1 Å². The largest absolute Gasteiger partial charge is 0.479 e. The number of nitrogens with one attached hydrogen (secondary N) is 1. The topological polar surface area (TPSA) is 95.9 Å². The normalized spacial score (nSPS) is 12.3. The first-order chi connectivity index (χ1) is 6.43. The fraction of sp³-hybridized carbons (Fsp3) is 0.750. The van der Waals surface area contributed by atoms with Crippen molar-refractivity contribution < 1.29 is 24.5 Å². The van der Waals surface area contributed by atoms with Gasteiger partial charge in [-0.1, -0.05) is 13.8 Å². The Morgan fingerprint density at radius 1 is 1.43 bits per heavy atom. The summed E-state index contributed by atoms with van der Waals surface area (Å²) < 4.78 is 4.68. The standard InChI is InChI=1S/C8H15NO5/c1-5(2)4-14-8(13)9-3-6(10)7(11)12/h5-6,10H,3-4H2,1-2H3,(H,9,13)(H,11,12). The van der Waals surface area contributed by atoms with Gasteiger partial charge in [-0.25, -0.2) is 9.59 Å². The smallest absolute Gasteiger partial charge is 0.407 e. The predicted octanol–water partition coefficient (Wildman–Crippen LogP) is -0.186. The Morgan fingerprint density at radius 3 is 2.43 bits per heavy atom. The van der Waals surface area contributed by atoms with Crippen LogP contribution in [-0.2, 0) is 9.53 Å². The van der Waals surface area contributed by atoms with Crippen LogP contribution in [0.2, 0.25) is 0 Å². The minimum Gasteiger partial charge on any atom is -0.479 e. The van der Waals surface area contributed by atoms with Gasteiger partial charge in [-0.05, 0) is 5.92 Å². The van der Waals surface area contributed by atoms with Crippen LogP contribution in [0.5, 0.6) is 0 Å². The van der Waals surface area contributed by atoms with Gasteiger partial charge in [0.2, 0.25) is 0 Å². The van der Waals surface area contributed by atoms with Crippen LogP contribution in [-0.4, -0.2) is 41.5 Å². The van der Waals surface area contributed by atoms with Crippen LogP contribution in [0.25, 0.3) is 0 Å². The zero-order valence-corrected chi connectivity index (χ0v) is 8.19. The van der Waals surface area contributed by atoms with Crippen molar-refractivity contribution in [3.05, 3.63) is 0 Å². The summed E-state index contributed by atoms with van der Waals surface area (Å²) in [6.07, 6.45) is -2.32. The quantitative estimate of drug-likeness (QED) is 0.578. The van der Waals surface area contributed by atoms with Crippen LogP contribution in [0.15, 0.2) is 0 Å². The average molecular weight is 205 g/mol. The first-order valence-corrected chi connectivity index (χ1v) is 4.25. The molecule has 0 spiro atoms. The third-order valence-electron chi connectivity index (χ3n) is 1.27. The van der Waals surface area contributed by atoms with Gasteiger partial charge in [0.05, 0.1) is 13.2 Å². The Hall–Kier alpha value is -1.30. The predicted molar refractivity (Wildman–Crippen MR) is 47.8 cm³/mol. The Bertz CT molecular complexity index is 204. The molecular formula is C8H15NO5. The van der Waals surface area contributed by atoms with Gasteiger partial charge in [-0.3, -0.25) is 0 Å². The Balaban J connectivity index is 3.59. The summed E-state index contributed by atoms with van der Waals surface area (Å²) in [6, 6.07) is 0. The van der Waals surface area contributed by atoms with E-state index in [-0.39, 0.29) is 19.1 Å². The summed E-state index contributed by atoms with van der Waals surface area (Å²) in [4.78, 5) is 21.0. The van der Waals surface area contributed by atoms with Crippen molar-refractivity contribution in [1.29, 1.82) is 0 Å². The van der Waals surface area contributed by atoms with Gasteiger partial charge in [0, 0.05) is 0 Å². The second-order valence-corrected chi connectivity index (χ2v) is 3.23. The fourth-order valence-corrected chi connectivity index (χ4v) is 0.561. The van der Waals surface area contributed by atoms with Gasteiger partial charge in [-0.2, -0.15) is 0 Å². The average Bonchev–Trinajstić information content (AvgIpc) is 2.10. The number of carbonyl (C=O) groups excluding carboxylic acids is 1. The lowest BCUT2D eigenvalue weighted by atomic mass is 10.2. The van der Waals surface area contributed by atoms with Crippen LogP contribution in [0.3, 0.4) is 0 Å². The molecule has 0 saturated carbocycles. The molecule has 0 aliphatic heterocycles. The number of alkyl carbamates (subject to hydrolysis) is 1. The van der Waals surface area contributed by atoms with E-state index in [1.165, 1.54) is 0 Å². The lowest BCUT2D eigenvalue weighted by Crippen LogP contribution is -2.37. The zero-order valence-electron chi connectivity index (χ0n) is 8.19. The number of ether oxygens (including phenoxy) is 1. The number of rotatable bonds is 5. The van der Waals surface area contributed by atoms with Crippen molar-refractivity contribution in [2.45, 2.75) is 20.0 Å². The number of aliphatic carboxylic acids is 1. The second kappa shape index (κ2) is 6.20. The first kappa shape index (κ1) is 12.7. The van der Waals surface area contributed by atoms with Gasteiger partial charge in [0.15, 0.2) is 6.10 Å². The minimum absolute atomic E-state index is 0.213. The van der Waals surface area contributed by atoms with Crippen molar-refractivity contribution in [3.63, 3.8) is 0 Å². The van der Waals surface area contributed by atoms with Gasteiger partial charge in [0.1, 0.15) is 0 Å². The Kier molecular flexibility index (Phi) is 5.62. The van der Waals surface area contributed by atoms with Gasteiger partial charge < -0.3 is 20.3 Å². The molecule has 0 saturated heterocycles. The van der Waals surface area contributed by atoms with E-state index < -0.39 is 18.2 Å². The lowest BCUT2D eigenvalue weighted by molar-refractivity contribution is -0.146. The minimum atomic E-state index is -1.60.